The van der Waals surface area contributed by atoms with E-state index in [2.05, 4.69) is 10.7 Å². The number of thiophene rings is 1. The average molecular weight is 370 g/mol. The van der Waals surface area contributed by atoms with Crippen molar-refractivity contribution >= 4 is 23.1 Å². The van der Waals surface area contributed by atoms with Crippen molar-refractivity contribution < 1.29 is 13.9 Å². The van der Waals surface area contributed by atoms with Gasteiger partial charge in [-0.25, -0.2) is 9.18 Å². The summed E-state index contributed by atoms with van der Waals surface area (Å²) in [5.74, 6) is -0.256. The van der Waals surface area contributed by atoms with E-state index in [-0.39, 0.29) is 18.3 Å². The van der Waals surface area contributed by atoms with E-state index in [4.69, 9.17) is 4.74 Å². The zero-order valence-electron chi connectivity index (χ0n) is 14.5. The molecule has 1 N–H and O–H groups in total. The Morgan fingerprint density at radius 3 is 2.73 bits per heavy atom. The maximum atomic E-state index is 13.8. The van der Waals surface area contributed by atoms with Gasteiger partial charge >= 0.3 is 6.03 Å². The maximum absolute atomic E-state index is 13.8. The number of carbonyl (C=O) groups is 1. The highest BCUT2D eigenvalue weighted by Gasteiger charge is 2.12. The van der Waals surface area contributed by atoms with Crippen LogP contribution in [0.4, 0.5) is 14.9 Å². The van der Waals surface area contributed by atoms with Crippen molar-refractivity contribution in [1.29, 1.82) is 0 Å². The molecule has 0 saturated carbocycles. The molecular formula is C20H19FN2O2S. The summed E-state index contributed by atoms with van der Waals surface area (Å²) in [5.41, 5.74) is 3.57. The smallest absolute Gasteiger partial charge is 0.321 e. The Morgan fingerprint density at radius 2 is 2.04 bits per heavy atom. The number of carbonyl (C=O) groups excluding carboxylic acids is 1. The molecule has 3 rings (SSSR count). The Balaban J connectivity index is 1.66. The first kappa shape index (κ1) is 17.9. The first-order chi connectivity index (χ1) is 12.6. The van der Waals surface area contributed by atoms with E-state index < -0.39 is 5.82 Å². The highest BCUT2D eigenvalue weighted by atomic mass is 32.1. The molecule has 2 aromatic carbocycles. The van der Waals surface area contributed by atoms with Crippen LogP contribution in [-0.2, 0) is 6.54 Å². The number of amides is 2. The predicted molar refractivity (Wildman–Crippen MR) is 103 cm³/mol. The van der Waals surface area contributed by atoms with Crippen LogP contribution >= 0.6 is 11.3 Å². The third kappa shape index (κ3) is 4.21. The van der Waals surface area contributed by atoms with Gasteiger partial charge in [0.2, 0.25) is 0 Å². The summed E-state index contributed by atoms with van der Waals surface area (Å²) >= 11 is 1.63. The van der Waals surface area contributed by atoms with Gasteiger partial charge in [-0.2, -0.15) is 11.3 Å². The number of methoxy groups -OCH3 is 1. The SMILES string of the molecule is COc1ccc(CN(C)C(=O)Nc2cccc(-c3ccsc3)c2)cc1F. The molecule has 26 heavy (non-hydrogen) atoms. The molecule has 0 unspecified atom stereocenters. The van der Waals surface area contributed by atoms with Crippen molar-refractivity contribution in [2.75, 3.05) is 19.5 Å². The van der Waals surface area contributed by atoms with Crippen LogP contribution in [0.5, 0.6) is 5.75 Å². The molecule has 3 aromatic rings. The highest BCUT2D eigenvalue weighted by Crippen LogP contribution is 2.25. The highest BCUT2D eigenvalue weighted by molar-refractivity contribution is 7.08. The van der Waals surface area contributed by atoms with E-state index in [1.54, 1.807) is 30.5 Å². The number of hydrogen-bond donors (Lipinski definition) is 1. The lowest BCUT2D eigenvalue weighted by atomic mass is 10.1. The number of rotatable bonds is 5. The monoisotopic (exact) mass is 370 g/mol. The lowest BCUT2D eigenvalue weighted by molar-refractivity contribution is 0.220. The molecule has 1 aromatic heterocycles. The molecule has 0 bridgehead atoms. The third-order valence-electron chi connectivity index (χ3n) is 3.95. The van der Waals surface area contributed by atoms with Gasteiger partial charge in [0.1, 0.15) is 0 Å². The number of urea groups is 1. The number of nitrogens with zero attached hydrogens (tertiary/aromatic N) is 1. The fraction of sp³-hybridized carbons (Fsp3) is 0.150. The van der Waals surface area contributed by atoms with Gasteiger partial charge in [-0.3, -0.25) is 0 Å². The first-order valence-corrected chi connectivity index (χ1v) is 8.98. The minimum absolute atomic E-state index is 0.186. The lowest BCUT2D eigenvalue weighted by Crippen LogP contribution is -2.30. The molecule has 0 aliphatic heterocycles. The van der Waals surface area contributed by atoms with E-state index in [0.29, 0.717) is 11.3 Å². The van der Waals surface area contributed by atoms with Crippen LogP contribution < -0.4 is 10.1 Å². The standard InChI is InChI=1S/C20H19FN2O2S/c1-23(12-14-6-7-19(25-2)18(21)10-14)20(24)22-17-5-3-4-15(11-17)16-8-9-26-13-16/h3-11,13H,12H2,1-2H3,(H,22,24). The number of nitrogens with one attached hydrogen (secondary N) is 1. The zero-order valence-corrected chi connectivity index (χ0v) is 15.3. The van der Waals surface area contributed by atoms with Gasteiger partial charge in [0.25, 0.3) is 0 Å². The third-order valence-corrected chi connectivity index (χ3v) is 4.63. The van der Waals surface area contributed by atoms with Gasteiger partial charge in [0.15, 0.2) is 11.6 Å². The molecule has 0 fully saturated rings. The predicted octanol–water partition coefficient (Wildman–Crippen LogP) is 5.23. The van der Waals surface area contributed by atoms with Crippen LogP contribution in [-0.4, -0.2) is 25.1 Å². The summed E-state index contributed by atoms with van der Waals surface area (Å²) in [6.45, 7) is 0.289. The van der Waals surface area contributed by atoms with Crippen molar-refractivity contribution in [3.8, 4) is 16.9 Å². The van der Waals surface area contributed by atoms with E-state index in [1.165, 1.54) is 18.1 Å². The second kappa shape index (κ2) is 8.01. The number of ether oxygens (including phenoxy) is 1. The van der Waals surface area contributed by atoms with E-state index in [9.17, 15) is 9.18 Å². The molecule has 0 aliphatic rings. The Bertz CT molecular complexity index is 897. The fourth-order valence-electron chi connectivity index (χ4n) is 2.58. The van der Waals surface area contributed by atoms with Crippen molar-refractivity contribution in [3.63, 3.8) is 0 Å². The van der Waals surface area contributed by atoms with E-state index in [1.807, 2.05) is 35.7 Å². The van der Waals surface area contributed by atoms with Crippen LogP contribution in [0.15, 0.2) is 59.3 Å². The molecule has 6 heteroatoms. The van der Waals surface area contributed by atoms with Crippen LogP contribution in [0.1, 0.15) is 5.56 Å². The van der Waals surface area contributed by atoms with Crippen molar-refractivity contribution in [2.24, 2.45) is 0 Å². The normalized spacial score (nSPS) is 10.4. The Labute approximate surface area is 155 Å². The molecule has 0 saturated heterocycles. The number of hydrogen-bond acceptors (Lipinski definition) is 3. The average Bonchev–Trinajstić information content (AvgIpc) is 3.17. The van der Waals surface area contributed by atoms with Crippen molar-refractivity contribution in [1.82, 2.24) is 4.90 Å². The summed E-state index contributed by atoms with van der Waals surface area (Å²) in [5, 5.41) is 6.95. The van der Waals surface area contributed by atoms with Crippen molar-refractivity contribution in [3.05, 3.63) is 70.7 Å². The van der Waals surface area contributed by atoms with Crippen molar-refractivity contribution in [2.45, 2.75) is 6.54 Å². The molecule has 134 valence electrons. The van der Waals surface area contributed by atoms with Crippen LogP contribution in [0.3, 0.4) is 0 Å². The summed E-state index contributed by atoms with van der Waals surface area (Å²) in [6.07, 6.45) is 0. The molecular weight excluding hydrogens is 351 g/mol. The minimum atomic E-state index is -0.442. The Kier molecular flexibility index (Phi) is 5.53. The first-order valence-electron chi connectivity index (χ1n) is 8.04. The second-order valence-corrected chi connectivity index (χ2v) is 6.63. The van der Waals surface area contributed by atoms with Gasteiger partial charge in [-0.15, -0.1) is 0 Å². The number of anilines is 1. The molecule has 2 amide bonds. The fourth-order valence-corrected chi connectivity index (χ4v) is 3.24. The van der Waals surface area contributed by atoms with Gasteiger partial charge in [-0.05, 0) is 57.8 Å². The zero-order chi connectivity index (χ0) is 18.5. The van der Waals surface area contributed by atoms with Crippen LogP contribution in [0, 0.1) is 5.82 Å². The van der Waals surface area contributed by atoms with Gasteiger partial charge < -0.3 is 15.0 Å². The maximum Gasteiger partial charge on any atom is 0.321 e. The molecule has 0 aliphatic carbocycles. The Hall–Kier alpha value is -2.86. The Morgan fingerprint density at radius 1 is 1.19 bits per heavy atom. The summed E-state index contributed by atoms with van der Waals surface area (Å²) in [7, 11) is 3.09. The quantitative estimate of drug-likeness (QED) is 0.668. The topological polar surface area (TPSA) is 41.6 Å². The van der Waals surface area contributed by atoms with Gasteiger partial charge in [0, 0.05) is 19.3 Å². The van der Waals surface area contributed by atoms with Gasteiger partial charge in [0.05, 0.1) is 7.11 Å². The summed E-state index contributed by atoms with van der Waals surface area (Å²) in [6, 6.07) is 14.1. The largest absolute Gasteiger partial charge is 0.494 e. The molecule has 1 heterocycles. The minimum Gasteiger partial charge on any atom is -0.494 e. The van der Waals surface area contributed by atoms with E-state index in [0.717, 1.165) is 11.1 Å². The van der Waals surface area contributed by atoms with E-state index >= 15 is 0 Å². The lowest BCUT2D eigenvalue weighted by Gasteiger charge is -2.18. The van der Waals surface area contributed by atoms with Crippen LogP contribution in [0.25, 0.3) is 11.1 Å². The number of benzene rings is 2. The second-order valence-electron chi connectivity index (χ2n) is 5.85. The van der Waals surface area contributed by atoms with Crippen LogP contribution in [0.2, 0.25) is 0 Å². The summed E-state index contributed by atoms with van der Waals surface area (Å²) < 4.78 is 18.7. The molecule has 0 spiro atoms. The molecule has 0 atom stereocenters. The molecule has 0 radical (unpaired) electrons. The number of halogens is 1. The summed E-state index contributed by atoms with van der Waals surface area (Å²) in [4.78, 5) is 13.9. The molecule has 4 nitrogen and oxygen atoms in total. The van der Waals surface area contributed by atoms with Gasteiger partial charge in [-0.1, -0.05) is 18.2 Å².